The minimum atomic E-state index is -0.139. The topological polar surface area (TPSA) is 58.6 Å². The molecule has 1 aromatic rings. The van der Waals surface area contributed by atoms with Crippen LogP contribution < -0.4 is 5.32 Å². The summed E-state index contributed by atoms with van der Waals surface area (Å²) < 4.78 is 5.06. The number of carbonyl (C=O) groups is 2. The molecule has 5 nitrogen and oxygen atoms in total. The number of carbonyl (C=O) groups excluding carboxylic acids is 2. The average molecular weight is 318 g/mol. The van der Waals surface area contributed by atoms with Gasteiger partial charge in [-0.05, 0) is 44.2 Å². The third kappa shape index (κ3) is 4.24. The highest BCUT2D eigenvalue weighted by molar-refractivity contribution is 5.91. The van der Waals surface area contributed by atoms with Crippen LogP contribution in [0.5, 0.6) is 0 Å². The van der Waals surface area contributed by atoms with Crippen LogP contribution in [0.25, 0.3) is 0 Å². The number of hydrogen-bond donors (Lipinski definition) is 1. The molecule has 1 heterocycles. The Bertz CT molecular complexity index is 563. The van der Waals surface area contributed by atoms with Gasteiger partial charge in [0, 0.05) is 18.8 Å². The molecule has 2 amide bonds. The molecule has 0 bridgehead atoms. The zero-order valence-corrected chi connectivity index (χ0v) is 14.2. The number of nitrogens with zero attached hydrogens (tertiary/aromatic N) is 1. The average Bonchev–Trinajstić information content (AvgIpc) is 2.57. The molecular formula is C18H26N2O3. The molecule has 0 atom stereocenters. The number of amides is 2. The zero-order chi connectivity index (χ0) is 16.8. The maximum Gasteiger partial charge on any atom is 0.321 e. The van der Waals surface area contributed by atoms with Crippen molar-refractivity contribution in [2.45, 2.75) is 40.0 Å². The Morgan fingerprint density at radius 3 is 2.57 bits per heavy atom. The Balaban J connectivity index is 1.95. The van der Waals surface area contributed by atoms with Gasteiger partial charge in [0.2, 0.25) is 0 Å². The highest BCUT2D eigenvalue weighted by atomic mass is 16.5. The van der Waals surface area contributed by atoms with Crippen LogP contribution in [-0.4, -0.2) is 36.6 Å². The predicted octanol–water partition coefficient (Wildman–Crippen LogP) is 3.36. The summed E-state index contributed by atoms with van der Waals surface area (Å²) in [6.45, 7) is 7.48. The van der Waals surface area contributed by atoms with Crippen molar-refractivity contribution in [3.63, 3.8) is 0 Å². The number of ether oxygens (including phenoxy) is 1. The Kier molecular flexibility index (Phi) is 6.02. The van der Waals surface area contributed by atoms with Crippen molar-refractivity contribution >= 4 is 17.7 Å². The second-order valence-corrected chi connectivity index (χ2v) is 5.91. The fraction of sp³-hybridized carbons (Fsp3) is 0.556. The van der Waals surface area contributed by atoms with Gasteiger partial charge < -0.3 is 15.0 Å². The van der Waals surface area contributed by atoms with Gasteiger partial charge in [0.1, 0.15) is 0 Å². The summed E-state index contributed by atoms with van der Waals surface area (Å²) >= 11 is 0. The summed E-state index contributed by atoms with van der Waals surface area (Å²) in [4.78, 5) is 26.0. The number of benzene rings is 1. The van der Waals surface area contributed by atoms with E-state index in [9.17, 15) is 9.59 Å². The Morgan fingerprint density at radius 2 is 1.96 bits per heavy atom. The van der Waals surface area contributed by atoms with Gasteiger partial charge in [0.15, 0.2) is 0 Å². The molecule has 0 spiro atoms. The Hall–Kier alpha value is -2.04. The first kappa shape index (κ1) is 17.3. The van der Waals surface area contributed by atoms with Crippen LogP contribution >= 0.6 is 0 Å². The molecule has 1 aliphatic heterocycles. The molecule has 1 aliphatic rings. The van der Waals surface area contributed by atoms with Crippen molar-refractivity contribution in [3.05, 3.63) is 29.3 Å². The second-order valence-electron chi connectivity index (χ2n) is 5.91. The number of piperidine rings is 1. The molecular weight excluding hydrogens is 292 g/mol. The molecule has 1 saturated heterocycles. The number of hydrogen-bond acceptors (Lipinski definition) is 3. The number of esters is 1. The molecule has 23 heavy (non-hydrogen) atoms. The van der Waals surface area contributed by atoms with Crippen molar-refractivity contribution < 1.29 is 14.3 Å². The van der Waals surface area contributed by atoms with Gasteiger partial charge in [0.25, 0.3) is 0 Å². The van der Waals surface area contributed by atoms with Crippen molar-refractivity contribution in [1.29, 1.82) is 0 Å². The lowest BCUT2D eigenvalue weighted by Crippen LogP contribution is -2.43. The lowest BCUT2D eigenvalue weighted by atomic mass is 9.97. The van der Waals surface area contributed by atoms with Gasteiger partial charge in [-0.3, -0.25) is 4.79 Å². The second kappa shape index (κ2) is 7.99. The Morgan fingerprint density at radius 1 is 1.26 bits per heavy atom. The van der Waals surface area contributed by atoms with E-state index in [1.807, 2.05) is 32.0 Å². The fourth-order valence-electron chi connectivity index (χ4n) is 2.97. The number of aryl methyl sites for hydroxylation is 2. The van der Waals surface area contributed by atoms with E-state index in [1.54, 1.807) is 4.90 Å². The first-order chi connectivity index (χ1) is 11.1. The number of anilines is 1. The van der Waals surface area contributed by atoms with Gasteiger partial charge >= 0.3 is 12.0 Å². The van der Waals surface area contributed by atoms with Gasteiger partial charge in [-0.15, -0.1) is 0 Å². The third-order valence-electron chi connectivity index (χ3n) is 4.37. The number of para-hydroxylation sites is 1. The number of likely N-dealkylation sites (tertiary alicyclic amines) is 1. The van der Waals surface area contributed by atoms with Crippen LogP contribution in [0.15, 0.2) is 18.2 Å². The standard InChI is InChI=1S/C18H26N2O3/c1-4-14-8-6-7-13(3)16(14)19-18(22)20-11-9-15(10-12-20)17(21)23-5-2/h6-8,15H,4-5,9-12H2,1-3H3,(H,19,22). The fourth-order valence-corrected chi connectivity index (χ4v) is 2.97. The lowest BCUT2D eigenvalue weighted by molar-refractivity contribution is -0.149. The number of rotatable bonds is 4. The summed E-state index contributed by atoms with van der Waals surface area (Å²) in [5.41, 5.74) is 3.12. The first-order valence-corrected chi connectivity index (χ1v) is 8.37. The summed E-state index contributed by atoms with van der Waals surface area (Å²) in [5.74, 6) is -0.219. The molecule has 2 rings (SSSR count). The Labute approximate surface area is 138 Å². The van der Waals surface area contributed by atoms with E-state index in [1.165, 1.54) is 0 Å². The quantitative estimate of drug-likeness (QED) is 0.866. The molecule has 1 N–H and O–H groups in total. The number of urea groups is 1. The van der Waals surface area contributed by atoms with Gasteiger partial charge in [0.05, 0.1) is 12.5 Å². The van der Waals surface area contributed by atoms with Crippen molar-refractivity contribution in [2.75, 3.05) is 25.0 Å². The first-order valence-electron chi connectivity index (χ1n) is 8.37. The molecule has 1 aromatic carbocycles. The molecule has 0 aliphatic carbocycles. The van der Waals surface area contributed by atoms with Crippen molar-refractivity contribution in [1.82, 2.24) is 4.90 Å². The van der Waals surface area contributed by atoms with E-state index >= 15 is 0 Å². The minimum absolute atomic E-state index is 0.0799. The minimum Gasteiger partial charge on any atom is -0.466 e. The van der Waals surface area contributed by atoms with Crippen LogP contribution in [-0.2, 0) is 16.0 Å². The van der Waals surface area contributed by atoms with Gasteiger partial charge in [-0.2, -0.15) is 0 Å². The van der Waals surface area contributed by atoms with Crippen LogP contribution in [0.1, 0.15) is 37.8 Å². The van der Waals surface area contributed by atoms with Crippen molar-refractivity contribution in [2.24, 2.45) is 5.92 Å². The van der Waals surface area contributed by atoms with E-state index in [0.717, 1.165) is 23.2 Å². The van der Waals surface area contributed by atoms with Crippen LogP contribution in [0, 0.1) is 12.8 Å². The molecule has 5 heteroatoms. The molecule has 126 valence electrons. The summed E-state index contributed by atoms with van der Waals surface area (Å²) in [6, 6.07) is 5.96. The molecule has 0 aromatic heterocycles. The molecule has 0 unspecified atom stereocenters. The summed E-state index contributed by atoms with van der Waals surface area (Å²) in [6.07, 6.45) is 2.21. The normalized spacial score (nSPS) is 15.3. The number of nitrogens with one attached hydrogen (secondary N) is 1. The van der Waals surface area contributed by atoms with Gasteiger partial charge in [-0.1, -0.05) is 25.1 Å². The summed E-state index contributed by atoms with van der Waals surface area (Å²) in [7, 11) is 0. The largest absolute Gasteiger partial charge is 0.466 e. The SMILES string of the molecule is CCOC(=O)C1CCN(C(=O)Nc2c(C)cccc2CC)CC1. The smallest absolute Gasteiger partial charge is 0.321 e. The molecule has 1 fully saturated rings. The zero-order valence-electron chi connectivity index (χ0n) is 14.2. The lowest BCUT2D eigenvalue weighted by Gasteiger charge is -2.31. The molecule has 0 saturated carbocycles. The van der Waals surface area contributed by atoms with E-state index in [2.05, 4.69) is 12.2 Å². The third-order valence-corrected chi connectivity index (χ3v) is 4.37. The molecule has 0 radical (unpaired) electrons. The van der Waals surface area contributed by atoms with Crippen LogP contribution in [0.2, 0.25) is 0 Å². The highest BCUT2D eigenvalue weighted by Gasteiger charge is 2.28. The maximum atomic E-state index is 12.5. The maximum absolute atomic E-state index is 12.5. The monoisotopic (exact) mass is 318 g/mol. The van der Waals surface area contributed by atoms with Gasteiger partial charge in [-0.25, -0.2) is 4.79 Å². The summed E-state index contributed by atoms with van der Waals surface area (Å²) in [5, 5.41) is 3.04. The van der Waals surface area contributed by atoms with E-state index in [-0.39, 0.29) is 17.9 Å². The van der Waals surface area contributed by atoms with Crippen molar-refractivity contribution in [3.8, 4) is 0 Å². The predicted molar refractivity (Wildman–Crippen MR) is 90.5 cm³/mol. The van der Waals surface area contributed by atoms with Crippen LogP contribution in [0.4, 0.5) is 10.5 Å². The highest BCUT2D eigenvalue weighted by Crippen LogP contribution is 2.23. The van der Waals surface area contributed by atoms with E-state index in [0.29, 0.717) is 32.5 Å². The van der Waals surface area contributed by atoms with Crippen LogP contribution in [0.3, 0.4) is 0 Å². The van der Waals surface area contributed by atoms with E-state index in [4.69, 9.17) is 4.74 Å². The van der Waals surface area contributed by atoms with E-state index < -0.39 is 0 Å².